The number of ether oxygens (including phenoxy) is 2. The predicted molar refractivity (Wildman–Crippen MR) is 79.0 cm³/mol. The van der Waals surface area contributed by atoms with Gasteiger partial charge in [0.25, 0.3) is 5.91 Å². The highest BCUT2D eigenvalue weighted by Gasteiger charge is 2.13. The van der Waals surface area contributed by atoms with Gasteiger partial charge in [-0.1, -0.05) is 0 Å². The summed E-state index contributed by atoms with van der Waals surface area (Å²) in [5.41, 5.74) is 2.38. The van der Waals surface area contributed by atoms with Crippen molar-refractivity contribution < 1.29 is 27.4 Å². The molecule has 0 atom stereocenters. The highest BCUT2D eigenvalue weighted by molar-refractivity contribution is 7.12. The van der Waals surface area contributed by atoms with Crippen LogP contribution in [0.1, 0.15) is 15.2 Å². The Bertz CT molecular complexity index is 719. The number of nitrogens with zero attached hydrogens (tertiary/aromatic N) is 1. The second-order valence-electron chi connectivity index (χ2n) is 4.09. The van der Waals surface area contributed by atoms with E-state index in [1.165, 1.54) is 43.7 Å². The monoisotopic (exact) mass is 344 g/mol. The Morgan fingerprint density at radius 2 is 2.09 bits per heavy atom. The van der Waals surface area contributed by atoms with Crippen molar-refractivity contribution in [2.24, 2.45) is 5.10 Å². The Morgan fingerprint density at radius 1 is 1.30 bits per heavy atom. The normalized spacial score (nSPS) is 11.0. The first-order valence-electron chi connectivity index (χ1n) is 6.21. The van der Waals surface area contributed by atoms with Crippen LogP contribution in [0.4, 0.5) is 13.2 Å². The lowest BCUT2D eigenvalue weighted by Gasteiger charge is -2.10. The molecule has 0 fully saturated rings. The second kappa shape index (κ2) is 7.63. The molecule has 9 heteroatoms. The number of hydrazone groups is 1. The molecule has 0 saturated heterocycles. The van der Waals surface area contributed by atoms with Crippen LogP contribution >= 0.6 is 11.3 Å². The number of rotatable bonds is 6. The number of carbonyl (C=O) groups excluding carboxylic acids is 1. The van der Waals surface area contributed by atoms with E-state index in [2.05, 4.69) is 15.3 Å². The molecule has 0 aliphatic rings. The molecule has 2 aromatic rings. The first kappa shape index (κ1) is 16.8. The lowest BCUT2D eigenvalue weighted by Crippen LogP contribution is -2.17. The first-order chi connectivity index (χ1) is 11.0. The third-order valence-corrected chi connectivity index (χ3v) is 3.40. The van der Waals surface area contributed by atoms with Gasteiger partial charge in [-0.05, 0) is 30.3 Å². The summed E-state index contributed by atoms with van der Waals surface area (Å²) in [5.74, 6) is -0.779. The molecule has 1 aromatic carbocycles. The lowest BCUT2D eigenvalue weighted by molar-refractivity contribution is -0.0512. The molecule has 0 spiro atoms. The molecule has 23 heavy (non-hydrogen) atoms. The summed E-state index contributed by atoms with van der Waals surface area (Å²) in [6.07, 6.45) is 1.29. The van der Waals surface area contributed by atoms with E-state index >= 15 is 0 Å². The van der Waals surface area contributed by atoms with Gasteiger partial charge in [0.05, 0.1) is 18.2 Å². The van der Waals surface area contributed by atoms with E-state index in [4.69, 9.17) is 4.74 Å². The van der Waals surface area contributed by atoms with E-state index in [-0.39, 0.29) is 22.2 Å². The summed E-state index contributed by atoms with van der Waals surface area (Å²) >= 11 is 0.874. The Hall–Kier alpha value is -2.55. The Balaban J connectivity index is 2.05. The van der Waals surface area contributed by atoms with Crippen molar-refractivity contribution in [3.05, 3.63) is 45.9 Å². The molecule has 0 unspecified atom stereocenters. The number of carbonyl (C=O) groups is 1. The number of methoxy groups -OCH3 is 1. The van der Waals surface area contributed by atoms with Crippen LogP contribution in [0.15, 0.2) is 35.4 Å². The van der Waals surface area contributed by atoms with Gasteiger partial charge >= 0.3 is 6.61 Å². The van der Waals surface area contributed by atoms with Crippen molar-refractivity contribution in [3.63, 3.8) is 0 Å². The van der Waals surface area contributed by atoms with Crippen molar-refractivity contribution in [3.8, 4) is 11.5 Å². The summed E-state index contributed by atoms with van der Waals surface area (Å²) < 4.78 is 46.4. The topological polar surface area (TPSA) is 59.9 Å². The fourth-order valence-electron chi connectivity index (χ4n) is 1.62. The van der Waals surface area contributed by atoms with Crippen molar-refractivity contribution in [1.82, 2.24) is 5.43 Å². The van der Waals surface area contributed by atoms with E-state index in [1.54, 1.807) is 0 Å². The van der Waals surface area contributed by atoms with Crippen LogP contribution in [0, 0.1) is 5.13 Å². The minimum atomic E-state index is -3.00. The molecule has 1 N–H and O–H groups in total. The van der Waals surface area contributed by atoms with Crippen LogP contribution in [-0.4, -0.2) is 25.8 Å². The molecule has 1 heterocycles. The zero-order chi connectivity index (χ0) is 16.8. The molecule has 5 nitrogen and oxygen atoms in total. The summed E-state index contributed by atoms with van der Waals surface area (Å²) in [6.45, 7) is -3.00. The Morgan fingerprint density at radius 3 is 2.70 bits per heavy atom. The number of hydrogen-bond donors (Lipinski definition) is 1. The van der Waals surface area contributed by atoms with Gasteiger partial charge in [-0.2, -0.15) is 18.3 Å². The van der Waals surface area contributed by atoms with Gasteiger partial charge in [-0.15, -0.1) is 11.3 Å². The maximum atomic E-state index is 12.8. The van der Waals surface area contributed by atoms with Gasteiger partial charge < -0.3 is 9.47 Å². The first-order valence-corrected chi connectivity index (χ1v) is 7.03. The number of alkyl halides is 2. The molecular weight excluding hydrogens is 333 g/mol. The SMILES string of the molecule is COc1cc(C(=O)N/N=C\c2ccc(F)s2)ccc1OC(F)F. The predicted octanol–water partition coefficient (Wildman–Crippen LogP) is 3.26. The summed E-state index contributed by atoms with van der Waals surface area (Å²) in [4.78, 5) is 12.4. The maximum Gasteiger partial charge on any atom is 0.387 e. The van der Waals surface area contributed by atoms with Crippen LogP contribution in [0.25, 0.3) is 0 Å². The smallest absolute Gasteiger partial charge is 0.387 e. The standard InChI is InChI=1S/C14H11F3N2O3S/c1-21-11-6-8(2-4-10(11)22-14(16)17)13(20)19-18-7-9-3-5-12(15)23-9/h2-7,14H,1H3,(H,19,20)/b18-7-. The van der Waals surface area contributed by atoms with Crippen molar-refractivity contribution in [2.75, 3.05) is 7.11 Å². The quantitative estimate of drug-likeness (QED) is 0.646. The average Bonchev–Trinajstić information content (AvgIpc) is 2.92. The van der Waals surface area contributed by atoms with Gasteiger partial charge in [-0.25, -0.2) is 5.43 Å². The number of benzene rings is 1. The van der Waals surface area contributed by atoms with Gasteiger partial charge in [0.1, 0.15) is 0 Å². The summed E-state index contributed by atoms with van der Waals surface area (Å²) in [6, 6.07) is 6.51. The van der Waals surface area contributed by atoms with Gasteiger partial charge in [0.2, 0.25) is 0 Å². The van der Waals surface area contributed by atoms with E-state index < -0.39 is 12.5 Å². The van der Waals surface area contributed by atoms with E-state index in [0.29, 0.717) is 4.88 Å². The molecule has 1 aromatic heterocycles. The molecule has 0 bridgehead atoms. The highest BCUT2D eigenvalue weighted by atomic mass is 32.1. The zero-order valence-corrected chi connectivity index (χ0v) is 12.6. The fourth-order valence-corrected chi connectivity index (χ4v) is 2.22. The van der Waals surface area contributed by atoms with E-state index in [0.717, 1.165) is 11.3 Å². The van der Waals surface area contributed by atoms with Crippen LogP contribution < -0.4 is 14.9 Å². The molecule has 0 aliphatic carbocycles. The van der Waals surface area contributed by atoms with Crippen LogP contribution in [0.3, 0.4) is 0 Å². The maximum absolute atomic E-state index is 12.8. The van der Waals surface area contributed by atoms with Gasteiger partial charge in [0.15, 0.2) is 16.6 Å². The van der Waals surface area contributed by atoms with E-state index in [9.17, 15) is 18.0 Å². The third kappa shape index (κ3) is 4.71. The van der Waals surface area contributed by atoms with Crippen molar-refractivity contribution >= 4 is 23.5 Å². The molecular formula is C14H11F3N2O3S. The van der Waals surface area contributed by atoms with Gasteiger partial charge in [-0.3, -0.25) is 4.79 Å². The van der Waals surface area contributed by atoms with Crippen LogP contribution in [0.2, 0.25) is 0 Å². The zero-order valence-electron chi connectivity index (χ0n) is 11.8. The third-order valence-electron chi connectivity index (χ3n) is 2.59. The Labute approximate surface area is 133 Å². The Kier molecular flexibility index (Phi) is 5.58. The number of amides is 1. The summed E-state index contributed by atoms with van der Waals surface area (Å²) in [7, 11) is 1.26. The molecule has 0 aliphatic heterocycles. The number of hydrogen-bond acceptors (Lipinski definition) is 5. The van der Waals surface area contributed by atoms with Crippen molar-refractivity contribution in [1.29, 1.82) is 0 Å². The van der Waals surface area contributed by atoms with Crippen molar-refractivity contribution in [2.45, 2.75) is 6.61 Å². The second-order valence-corrected chi connectivity index (χ2v) is 5.15. The minimum Gasteiger partial charge on any atom is -0.493 e. The number of thiophene rings is 1. The number of halogens is 3. The number of nitrogens with one attached hydrogen (secondary N) is 1. The fraction of sp³-hybridized carbons (Fsp3) is 0.143. The van der Waals surface area contributed by atoms with Crippen LogP contribution in [-0.2, 0) is 0 Å². The van der Waals surface area contributed by atoms with Gasteiger partial charge in [0, 0.05) is 5.56 Å². The molecule has 1 amide bonds. The minimum absolute atomic E-state index is 0.0118. The lowest BCUT2D eigenvalue weighted by atomic mass is 10.2. The summed E-state index contributed by atoms with van der Waals surface area (Å²) in [5, 5.41) is 3.32. The molecule has 0 saturated carbocycles. The highest BCUT2D eigenvalue weighted by Crippen LogP contribution is 2.29. The molecule has 0 radical (unpaired) electrons. The largest absolute Gasteiger partial charge is 0.493 e. The average molecular weight is 344 g/mol. The molecule has 122 valence electrons. The van der Waals surface area contributed by atoms with Crippen LogP contribution in [0.5, 0.6) is 11.5 Å². The molecule has 2 rings (SSSR count). The van der Waals surface area contributed by atoms with E-state index in [1.807, 2.05) is 0 Å².